The van der Waals surface area contributed by atoms with Crippen LogP contribution in [0, 0.1) is 0 Å². The van der Waals surface area contributed by atoms with Gasteiger partial charge in [0.2, 0.25) is 5.91 Å². The van der Waals surface area contributed by atoms with Gasteiger partial charge >= 0.3 is 0 Å². The highest BCUT2D eigenvalue weighted by Crippen LogP contribution is 2.20. The number of rotatable bonds is 3. The van der Waals surface area contributed by atoms with E-state index in [4.69, 9.17) is 0 Å². The van der Waals surface area contributed by atoms with Crippen LogP contribution in [0.15, 0.2) is 12.7 Å². The van der Waals surface area contributed by atoms with E-state index in [2.05, 4.69) is 6.58 Å². The van der Waals surface area contributed by atoms with E-state index < -0.39 is 0 Å². The Hall–Kier alpha value is -0.790. The fraction of sp³-hybridized carbons (Fsp3) is 0.625. The fourth-order valence-corrected chi connectivity index (χ4v) is 1.18. The van der Waals surface area contributed by atoms with Gasteiger partial charge in [-0.2, -0.15) is 0 Å². The lowest BCUT2D eigenvalue weighted by Crippen LogP contribution is -2.49. The fourth-order valence-electron chi connectivity index (χ4n) is 1.18. The van der Waals surface area contributed by atoms with Crippen LogP contribution < -0.4 is 0 Å². The second-order valence-corrected chi connectivity index (χ2v) is 2.73. The van der Waals surface area contributed by atoms with Crippen molar-refractivity contribution < 1.29 is 4.79 Å². The zero-order chi connectivity index (χ0) is 7.56. The molecule has 2 nitrogen and oxygen atoms in total. The summed E-state index contributed by atoms with van der Waals surface area (Å²) >= 11 is 0. The van der Waals surface area contributed by atoms with Crippen molar-refractivity contribution in [2.75, 3.05) is 7.05 Å². The summed E-state index contributed by atoms with van der Waals surface area (Å²) in [6.07, 6.45) is 4.73. The van der Waals surface area contributed by atoms with Crippen molar-refractivity contribution in [2.24, 2.45) is 0 Å². The van der Waals surface area contributed by atoms with E-state index in [9.17, 15) is 4.79 Å². The number of hydrogen-bond acceptors (Lipinski definition) is 1. The van der Waals surface area contributed by atoms with Gasteiger partial charge in [-0.1, -0.05) is 6.08 Å². The third kappa shape index (κ3) is 1.20. The van der Waals surface area contributed by atoms with E-state index in [1.54, 1.807) is 0 Å². The van der Waals surface area contributed by atoms with Gasteiger partial charge in [-0.05, 0) is 12.8 Å². The maximum atomic E-state index is 10.7. The molecule has 0 aliphatic carbocycles. The molecule has 0 radical (unpaired) electrons. The van der Waals surface area contributed by atoms with Crippen molar-refractivity contribution in [1.82, 2.24) is 4.90 Å². The van der Waals surface area contributed by atoms with Crippen molar-refractivity contribution >= 4 is 5.91 Å². The van der Waals surface area contributed by atoms with Crippen LogP contribution >= 0.6 is 0 Å². The van der Waals surface area contributed by atoms with Crippen molar-refractivity contribution in [2.45, 2.75) is 25.3 Å². The third-order valence-electron chi connectivity index (χ3n) is 2.06. The molecule has 56 valence electrons. The Bertz CT molecular complexity index is 153. The lowest BCUT2D eigenvalue weighted by Gasteiger charge is -2.37. The van der Waals surface area contributed by atoms with Crippen LogP contribution in [0.1, 0.15) is 19.3 Å². The van der Waals surface area contributed by atoms with Gasteiger partial charge in [-0.15, -0.1) is 6.58 Å². The molecule has 1 saturated heterocycles. The van der Waals surface area contributed by atoms with Gasteiger partial charge in [-0.3, -0.25) is 4.79 Å². The summed E-state index contributed by atoms with van der Waals surface area (Å²) in [6, 6.07) is 0.491. The average molecular weight is 139 g/mol. The predicted molar refractivity (Wildman–Crippen MR) is 40.6 cm³/mol. The first-order valence-corrected chi connectivity index (χ1v) is 3.62. The van der Waals surface area contributed by atoms with Crippen LogP contribution in [0.5, 0.6) is 0 Å². The largest absolute Gasteiger partial charge is 0.342 e. The SMILES string of the molecule is C=CCCC1CC(=O)N1C. The molecule has 1 heterocycles. The maximum absolute atomic E-state index is 10.7. The number of allylic oxidation sites excluding steroid dienone is 1. The number of amides is 1. The normalized spacial score (nSPS) is 24.3. The van der Waals surface area contributed by atoms with Gasteiger partial charge in [0.15, 0.2) is 0 Å². The van der Waals surface area contributed by atoms with Crippen LogP contribution in [0.2, 0.25) is 0 Å². The molecule has 0 bridgehead atoms. The highest BCUT2D eigenvalue weighted by Gasteiger charge is 2.31. The Morgan fingerprint density at radius 2 is 2.60 bits per heavy atom. The Labute approximate surface area is 61.5 Å². The van der Waals surface area contributed by atoms with Gasteiger partial charge < -0.3 is 4.90 Å². The van der Waals surface area contributed by atoms with Gasteiger partial charge in [0.05, 0.1) is 0 Å². The summed E-state index contributed by atoms with van der Waals surface area (Å²) < 4.78 is 0. The zero-order valence-corrected chi connectivity index (χ0v) is 6.34. The van der Waals surface area contributed by atoms with Crippen LogP contribution in [-0.2, 0) is 4.79 Å². The number of hydrogen-bond donors (Lipinski definition) is 0. The van der Waals surface area contributed by atoms with E-state index >= 15 is 0 Å². The molecule has 1 aliphatic rings. The predicted octanol–water partition coefficient (Wildman–Crippen LogP) is 1.18. The number of likely N-dealkylation sites (tertiary alicyclic amines) is 1. The van der Waals surface area contributed by atoms with Crippen LogP contribution in [0.4, 0.5) is 0 Å². The van der Waals surface area contributed by atoms with E-state index in [0.29, 0.717) is 6.04 Å². The molecule has 1 aliphatic heterocycles. The van der Waals surface area contributed by atoms with Crippen molar-refractivity contribution in [3.63, 3.8) is 0 Å². The summed E-state index contributed by atoms with van der Waals surface area (Å²) in [6.45, 7) is 3.63. The number of nitrogens with zero attached hydrogens (tertiary/aromatic N) is 1. The molecule has 0 aromatic rings. The zero-order valence-electron chi connectivity index (χ0n) is 6.34. The standard InChI is InChI=1S/C8H13NO/c1-3-4-5-7-6-8(10)9(7)2/h3,7H,1,4-6H2,2H3. The Morgan fingerprint density at radius 3 is 3.00 bits per heavy atom. The first-order valence-electron chi connectivity index (χ1n) is 3.62. The lowest BCUT2D eigenvalue weighted by atomic mass is 9.98. The Balaban J connectivity index is 2.20. The molecule has 0 N–H and O–H groups in total. The molecule has 0 saturated carbocycles. The first kappa shape index (κ1) is 7.32. The minimum absolute atomic E-state index is 0.272. The Morgan fingerprint density at radius 1 is 1.90 bits per heavy atom. The quantitative estimate of drug-likeness (QED) is 0.425. The summed E-state index contributed by atoms with van der Waals surface area (Å²) in [4.78, 5) is 12.5. The van der Waals surface area contributed by atoms with Gasteiger partial charge in [0, 0.05) is 19.5 Å². The smallest absolute Gasteiger partial charge is 0.224 e. The summed E-state index contributed by atoms with van der Waals surface area (Å²) in [5.74, 6) is 0.272. The molecule has 0 spiro atoms. The van der Waals surface area contributed by atoms with Crippen molar-refractivity contribution in [1.29, 1.82) is 0 Å². The lowest BCUT2D eigenvalue weighted by molar-refractivity contribution is -0.143. The second kappa shape index (κ2) is 2.86. The third-order valence-corrected chi connectivity index (χ3v) is 2.06. The van der Waals surface area contributed by atoms with Crippen molar-refractivity contribution in [3.8, 4) is 0 Å². The van der Waals surface area contributed by atoms with E-state index in [-0.39, 0.29) is 5.91 Å². The van der Waals surface area contributed by atoms with Crippen molar-refractivity contribution in [3.05, 3.63) is 12.7 Å². The minimum Gasteiger partial charge on any atom is -0.342 e. The van der Waals surface area contributed by atoms with Crippen LogP contribution in [-0.4, -0.2) is 23.9 Å². The summed E-state index contributed by atoms with van der Waals surface area (Å²) in [7, 11) is 1.86. The van der Waals surface area contributed by atoms with Crippen LogP contribution in [0.25, 0.3) is 0 Å². The monoisotopic (exact) mass is 139 g/mol. The molecule has 2 heteroatoms. The molecule has 0 aromatic heterocycles. The number of carbonyl (C=O) groups is 1. The minimum atomic E-state index is 0.272. The highest BCUT2D eigenvalue weighted by atomic mass is 16.2. The summed E-state index contributed by atoms with van der Waals surface area (Å²) in [5, 5.41) is 0. The Kier molecular flexibility index (Phi) is 2.10. The molecule has 10 heavy (non-hydrogen) atoms. The molecular formula is C8H13NO. The number of carbonyl (C=O) groups excluding carboxylic acids is 1. The summed E-state index contributed by atoms with van der Waals surface area (Å²) in [5.41, 5.74) is 0. The molecule has 1 amide bonds. The number of β-lactam (4-membered cyclic amide) rings is 1. The van der Waals surface area contributed by atoms with Gasteiger partial charge in [-0.25, -0.2) is 0 Å². The average Bonchev–Trinajstić information content (AvgIpc) is 1.97. The van der Waals surface area contributed by atoms with E-state index in [1.807, 2.05) is 18.0 Å². The van der Waals surface area contributed by atoms with Gasteiger partial charge in [0.25, 0.3) is 0 Å². The second-order valence-electron chi connectivity index (χ2n) is 2.73. The van der Waals surface area contributed by atoms with Gasteiger partial charge in [0.1, 0.15) is 0 Å². The van der Waals surface area contributed by atoms with Crippen LogP contribution in [0.3, 0.4) is 0 Å². The molecule has 1 atom stereocenters. The first-order chi connectivity index (χ1) is 4.75. The molecule has 1 rings (SSSR count). The maximum Gasteiger partial charge on any atom is 0.224 e. The molecule has 0 aromatic carbocycles. The molecule has 1 fully saturated rings. The molecular weight excluding hydrogens is 126 g/mol. The van der Waals surface area contributed by atoms with E-state index in [1.165, 1.54) is 0 Å². The van der Waals surface area contributed by atoms with E-state index in [0.717, 1.165) is 19.3 Å². The highest BCUT2D eigenvalue weighted by molar-refractivity contribution is 5.82. The topological polar surface area (TPSA) is 20.3 Å². The molecule has 1 unspecified atom stereocenters.